The lowest BCUT2D eigenvalue weighted by Crippen LogP contribution is -2.20. The third-order valence-electron chi connectivity index (χ3n) is 3.89. The van der Waals surface area contributed by atoms with Gasteiger partial charge in [-0.05, 0) is 24.1 Å². The van der Waals surface area contributed by atoms with E-state index in [1.165, 1.54) is 17.8 Å². The lowest BCUT2D eigenvalue weighted by Gasteiger charge is -2.16. The molecule has 0 radical (unpaired) electrons. The molecule has 2 aromatic carbocycles. The molecule has 1 heterocycles. The second kappa shape index (κ2) is 9.19. The first-order chi connectivity index (χ1) is 13.2. The summed E-state index contributed by atoms with van der Waals surface area (Å²) in [5, 5.41) is 2.85. The highest BCUT2D eigenvalue weighted by Gasteiger charge is 2.23. The van der Waals surface area contributed by atoms with Gasteiger partial charge in [0.25, 0.3) is 5.56 Å². The van der Waals surface area contributed by atoms with Crippen LogP contribution in [0.25, 0.3) is 0 Å². The predicted octanol–water partition coefficient (Wildman–Crippen LogP) is 4.19. The molecule has 0 fully saturated rings. The van der Waals surface area contributed by atoms with E-state index in [9.17, 15) is 9.59 Å². The van der Waals surface area contributed by atoms with Gasteiger partial charge in [0.05, 0.1) is 0 Å². The van der Waals surface area contributed by atoms with E-state index in [2.05, 4.69) is 15.3 Å². The number of amides is 1. The number of aromatic amines is 1. The zero-order valence-corrected chi connectivity index (χ0v) is 15.8. The average Bonchev–Trinajstić information content (AvgIpc) is 2.67. The van der Waals surface area contributed by atoms with Gasteiger partial charge in [0.15, 0.2) is 5.16 Å². The molecule has 0 bridgehead atoms. The van der Waals surface area contributed by atoms with Crippen LogP contribution in [0.5, 0.6) is 0 Å². The molecule has 0 spiro atoms. The highest BCUT2D eigenvalue weighted by Crippen LogP contribution is 2.34. The average molecular weight is 379 g/mol. The SMILES string of the molecule is CCCc1cc(=O)[nH]c(S[C@H](C(=O)Nc2ccccc2)c2ccccc2)n1. The minimum atomic E-state index is -0.536. The molecule has 27 heavy (non-hydrogen) atoms. The first-order valence-corrected chi connectivity index (χ1v) is 9.71. The number of benzene rings is 2. The molecule has 5 nitrogen and oxygen atoms in total. The fourth-order valence-corrected chi connectivity index (χ4v) is 3.68. The van der Waals surface area contributed by atoms with Crippen molar-refractivity contribution in [3.8, 4) is 0 Å². The number of H-pyrrole nitrogens is 1. The maximum Gasteiger partial charge on any atom is 0.251 e. The summed E-state index contributed by atoms with van der Waals surface area (Å²) in [6.07, 6.45) is 1.63. The number of anilines is 1. The summed E-state index contributed by atoms with van der Waals surface area (Å²) in [5.74, 6) is -0.166. The zero-order chi connectivity index (χ0) is 19.1. The molecule has 3 rings (SSSR count). The lowest BCUT2D eigenvalue weighted by molar-refractivity contribution is -0.115. The van der Waals surface area contributed by atoms with E-state index in [0.717, 1.165) is 29.8 Å². The van der Waals surface area contributed by atoms with E-state index in [4.69, 9.17) is 0 Å². The monoisotopic (exact) mass is 379 g/mol. The minimum absolute atomic E-state index is 0.166. The van der Waals surface area contributed by atoms with Crippen molar-refractivity contribution in [2.45, 2.75) is 30.2 Å². The second-order valence-corrected chi connectivity index (χ2v) is 7.15. The van der Waals surface area contributed by atoms with Gasteiger partial charge in [0.2, 0.25) is 5.91 Å². The summed E-state index contributed by atoms with van der Waals surface area (Å²) >= 11 is 1.24. The fourth-order valence-electron chi connectivity index (χ4n) is 2.67. The van der Waals surface area contributed by atoms with Crippen molar-refractivity contribution in [2.24, 2.45) is 0 Å². The van der Waals surface area contributed by atoms with Gasteiger partial charge in [0.1, 0.15) is 5.25 Å². The molecule has 6 heteroatoms. The van der Waals surface area contributed by atoms with E-state index in [1.54, 1.807) is 0 Å². The normalized spacial score (nSPS) is 11.7. The largest absolute Gasteiger partial charge is 0.325 e. The second-order valence-electron chi connectivity index (χ2n) is 6.06. The molecular weight excluding hydrogens is 358 g/mol. The molecule has 2 N–H and O–H groups in total. The summed E-state index contributed by atoms with van der Waals surface area (Å²) in [7, 11) is 0. The Morgan fingerprint density at radius 1 is 1.11 bits per heavy atom. The summed E-state index contributed by atoms with van der Waals surface area (Å²) in [5.41, 5.74) is 2.11. The Hall–Kier alpha value is -2.86. The van der Waals surface area contributed by atoms with E-state index in [-0.39, 0.29) is 11.5 Å². The third-order valence-corrected chi connectivity index (χ3v) is 5.03. The van der Waals surface area contributed by atoms with Gasteiger partial charge in [-0.15, -0.1) is 0 Å². The highest BCUT2D eigenvalue weighted by molar-refractivity contribution is 8.00. The van der Waals surface area contributed by atoms with Gasteiger partial charge >= 0.3 is 0 Å². The number of thioether (sulfide) groups is 1. The van der Waals surface area contributed by atoms with Gasteiger partial charge in [-0.3, -0.25) is 9.59 Å². The smallest absolute Gasteiger partial charge is 0.251 e. The molecule has 0 aliphatic heterocycles. The number of aryl methyl sites for hydroxylation is 1. The van der Waals surface area contributed by atoms with Crippen LogP contribution < -0.4 is 10.9 Å². The number of nitrogens with zero attached hydrogens (tertiary/aromatic N) is 1. The van der Waals surface area contributed by atoms with Crippen LogP contribution in [0.1, 0.15) is 29.9 Å². The summed E-state index contributed by atoms with van der Waals surface area (Å²) in [6.45, 7) is 2.04. The van der Waals surface area contributed by atoms with Crippen molar-refractivity contribution < 1.29 is 4.79 Å². The number of hydrogen-bond acceptors (Lipinski definition) is 4. The van der Waals surface area contributed by atoms with Gasteiger partial charge in [-0.25, -0.2) is 4.98 Å². The first kappa shape index (κ1) is 18.9. The van der Waals surface area contributed by atoms with Crippen LogP contribution >= 0.6 is 11.8 Å². The molecule has 3 aromatic rings. The van der Waals surface area contributed by atoms with Crippen molar-refractivity contribution in [1.29, 1.82) is 0 Å². The topological polar surface area (TPSA) is 74.8 Å². The van der Waals surface area contributed by atoms with Crippen LogP contribution in [0.2, 0.25) is 0 Å². The summed E-state index contributed by atoms with van der Waals surface area (Å²) < 4.78 is 0. The molecule has 0 aliphatic rings. The maximum absolute atomic E-state index is 13.0. The Balaban J connectivity index is 1.89. The number of carbonyl (C=O) groups excluding carboxylic acids is 1. The van der Waals surface area contributed by atoms with Crippen LogP contribution in [-0.4, -0.2) is 15.9 Å². The number of nitrogens with one attached hydrogen (secondary N) is 2. The molecule has 1 aromatic heterocycles. The molecule has 0 saturated carbocycles. The molecule has 1 amide bonds. The number of hydrogen-bond donors (Lipinski definition) is 2. The molecule has 0 saturated heterocycles. The molecule has 0 aliphatic carbocycles. The molecule has 0 unspecified atom stereocenters. The highest BCUT2D eigenvalue weighted by atomic mass is 32.2. The van der Waals surface area contributed by atoms with E-state index in [1.807, 2.05) is 67.6 Å². The Morgan fingerprint density at radius 2 is 1.78 bits per heavy atom. The fraction of sp³-hybridized carbons (Fsp3) is 0.190. The van der Waals surface area contributed by atoms with Crippen molar-refractivity contribution in [3.05, 3.63) is 88.3 Å². The van der Waals surface area contributed by atoms with Crippen molar-refractivity contribution in [1.82, 2.24) is 9.97 Å². The zero-order valence-electron chi connectivity index (χ0n) is 15.0. The Kier molecular flexibility index (Phi) is 6.44. The maximum atomic E-state index is 13.0. The van der Waals surface area contributed by atoms with Crippen molar-refractivity contribution in [3.63, 3.8) is 0 Å². The summed E-state index contributed by atoms with van der Waals surface area (Å²) in [6, 6.07) is 20.3. The quantitative estimate of drug-likeness (QED) is 0.477. The van der Waals surface area contributed by atoms with Gasteiger partial charge in [0, 0.05) is 17.4 Å². The first-order valence-electron chi connectivity index (χ1n) is 8.83. The van der Waals surface area contributed by atoms with E-state index < -0.39 is 5.25 Å². The number of rotatable bonds is 7. The Labute approximate surface area is 162 Å². The molecule has 138 valence electrons. The van der Waals surface area contributed by atoms with Crippen molar-refractivity contribution in [2.75, 3.05) is 5.32 Å². The third kappa shape index (κ3) is 5.31. The Bertz CT molecular complexity index is 942. The van der Waals surface area contributed by atoms with Crippen LogP contribution in [0.3, 0.4) is 0 Å². The van der Waals surface area contributed by atoms with Crippen LogP contribution in [0, 0.1) is 0 Å². The molecule has 1 atom stereocenters. The van der Waals surface area contributed by atoms with Crippen LogP contribution in [-0.2, 0) is 11.2 Å². The minimum Gasteiger partial charge on any atom is -0.325 e. The van der Waals surface area contributed by atoms with Crippen molar-refractivity contribution >= 4 is 23.4 Å². The Morgan fingerprint density at radius 3 is 2.44 bits per heavy atom. The van der Waals surface area contributed by atoms with Gasteiger partial charge in [-0.2, -0.15) is 0 Å². The number of carbonyl (C=O) groups is 1. The predicted molar refractivity (Wildman–Crippen MR) is 109 cm³/mol. The van der Waals surface area contributed by atoms with Crippen LogP contribution in [0.4, 0.5) is 5.69 Å². The number of para-hydroxylation sites is 1. The van der Waals surface area contributed by atoms with Crippen LogP contribution in [0.15, 0.2) is 76.7 Å². The molecular formula is C21H21N3O2S. The standard InChI is InChI=1S/C21H21N3O2S/c1-2-9-17-14-18(25)24-21(23-17)27-19(15-10-5-3-6-11-15)20(26)22-16-12-7-4-8-13-16/h3-8,10-14,19H,2,9H2,1H3,(H,22,26)(H,23,24,25)/t19-/m0/s1. The van der Waals surface area contributed by atoms with Gasteiger partial charge < -0.3 is 10.3 Å². The lowest BCUT2D eigenvalue weighted by atomic mass is 10.1. The van der Waals surface area contributed by atoms with E-state index in [0.29, 0.717) is 5.16 Å². The number of aromatic nitrogens is 2. The summed E-state index contributed by atoms with van der Waals surface area (Å²) in [4.78, 5) is 32.2. The van der Waals surface area contributed by atoms with E-state index >= 15 is 0 Å². The van der Waals surface area contributed by atoms with Gasteiger partial charge in [-0.1, -0.05) is 73.6 Å².